The summed E-state index contributed by atoms with van der Waals surface area (Å²) in [5.74, 6) is -0.226. The van der Waals surface area contributed by atoms with Gasteiger partial charge in [0.15, 0.2) is 0 Å². The van der Waals surface area contributed by atoms with Crippen LogP contribution in [0.5, 0.6) is 5.75 Å². The third-order valence-corrected chi connectivity index (χ3v) is 4.69. The molecule has 1 heterocycles. The van der Waals surface area contributed by atoms with E-state index in [1.54, 1.807) is 24.3 Å². The van der Waals surface area contributed by atoms with Crippen molar-refractivity contribution in [1.29, 1.82) is 0 Å². The highest BCUT2D eigenvalue weighted by atomic mass is 16.5. The minimum absolute atomic E-state index is 0.0185. The molecule has 1 aliphatic heterocycles. The predicted octanol–water partition coefficient (Wildman–Crippen LogP) is 2.43. The van der Waals surface area contributed by atoms with Crippen molar-refractivity contribution in [3.63, 3.8) is 0 Å². The van der Waals surface area contributed by atoms with Crippen LogP contribution in [-0.2, 0) is 16.2 Å². The van der Waals surface area contributed by atoms with Crippen LogP contribution in [0.1, 0.15) is 41.6 Å². The first-order chi connectivity index (χ1) is 14.1. The molecule has 2 aromatic rings. The quantitative estimate of drug-likeness (QED) is 0.736. The van der Waals surface area contributed by atoms with Crippen molar-refractivity contribution in [3.05, 3.63) is 65.7 Å². The summed E-state index contributed by atoms with van der Waals surface area (Å²) in [5.41, 5.74) is 6.19. The number of rotatable bonds is 6. The monoisotopic (exact) mass is 395 g/mol. The van der Waals surface area contributed by atoms with Gasteiger partial charge < -0.3 is 9.64 Å². The lowest BCUT2D eigenvalue weighted by atomic mass is 10.2. The van der Waals surface area contributed by atoms with E-state index >= 15 is 0 Å². The van der Waals surface area contributed by atoms with E-state index in [4.69, 9.17) is 4.74 Å². The van der Waals surface area contributed by atoms with Gasteiger partial charge in [-0.3, -0.25) is 25.2 Å². The van der Waals surface area contributed by atoms with Crippen LogP contribution in [0.15, 0.2) is 54.6 Å². The molecule has 0 unspecified atom stereocenters. The maximum Gasteiger partial charge on any atom is 0.269 e. The van der Waals surface area contributed by atoms with Gasteiger partial charge in [-0.25, -0.2) is 0 Å². The number of amides is 3. The van der Waals surface area contributed by atoms with Gasteiger partial charge in [-0.2, -0.15) is 0 Å². The SMILES string of the molecule is O=C(CN1CCCCCC1=O)NNC(=O)c1ccc(OCc2ccccc2)cc1. The van der Waals surface area contributed by atoms with Crippen molar-refractivity contribution in [1.82, 2.24) is 15.8 Å². The number of ether oxygens (including phenoxy) is 1. The Balaban J connectivity index is 1.44. The van der Waals surface area contributed by atoms with E-state index in [0.717, 1.165) is 24.8 Å². The van der Waals surface area contributed by atoms with E-state index < -0.39 is 11.8 Å². The average molecular weight is 395 g/mol. The van der Waals surface area contributed by atoms with Crippen molar-refractivity contribution in [2.24, 2.45) is 0 Å². The number of carbonyl (C=O) groups is 3. The third-order valence-electron chi connectivity index (χ3n) is 4.69. The second-order valence-corrected chi connectivity index (χ2v) is 6.93. The van der Waals surface area contributed by atoms with Gasteiger partial charge in [-0.05, 0) is 42.7 Å². The Morgan fingerprint density at radius 2 is 1.69 bits per heavy atom. The molecular weight excluding hydrogens is 370 g/mol. The molecular formula is C22H25N3O4. The van der Waals surface area contributed by atoms with Crippen LogP contribution in [-0.4, -0.2) is 35.7 Å². The Morgan fingerprint density at radius 1 is 0.931 bits per heavy atom. The topological polar surface area (TPSA) is 87.7 Å². The number of benzene rings is 2. The van der Waals surface area contributed by atoms with Gasteiger partial charge in [0.25, 0.3) is 11.8 Å². The van der Waals surface area contributed by atoms with Crippen LogP contribution in [0.4, 0.5) is 0 Å². The zero-order valence-corrected chi connectivity index (χ0v) is 16.2. The highest BCUT2D eigenvalue weighted by Gasteiger charge is 2.19. The number of hydrazine groups is 1. The van der Waals surface area contributed by atoms with Gasteiger partial charge in [-0.1, -0.05) is 36.8 Å². The fourth-order valence-corrected chi connectivity index (χ4v) is 3.06. The van der Waals surface area contributed by atoms with E-state index in [-0.39, 0.29) is 12.5 Å². The van der Waals surface area contributed by atoms with Gasteiger partial charge in [0.05, 0.1) is 0 Å². The normalized spacial score (nSPS) is 14.1. The summed E-state index contributed by atoms with van der Waals surface area (Å²) >= 11 is 0. The number of nitrogens with zero attached hydrogens (tertiary/aromatic N) is 1. The molecule has 7 nitrogen and oxygen atoms in total. The van der Waals surface area contributed by atoms with Crippen molar-refractivity contribution in [2.75, 3.05) is 13.1 Å². The summed E-state index contributed by atoms with van der Waals surface area (Å²) in [6, 6.07) is 16.5. The van der Waals surface area contributed by atoms with E-state index in [2.05, 4.69) is 10.9 Å². The van der Waals surface area contributed by atoms with Gasteiger partial charge in [-0.15, -0.1) is 0 Å². The largest absolute Gasteiger partial charge is 0.489 e. The van der Waals surface area contributed by atoms with Crippen LogP contribution in [0.2, 0.25) is 0 Å². The molecule has 2 aromatic carbocycles. The number of hydrogen-bond donors (Lipinski definition) is 2. The first-order valence-corrected chi connectivity index (χ1v) is 9.75. The lowest BCUT2D eigenvalue weighted by Gasteiger charge is -2.19. The fourth-order valence-electron chi connectivity index (χ4n) is 3.06. The number of nitrogens with one attached hydrogen (secondary N) is 2. The molecule has 0 saturated carbocycles. The van der Waals surface area contributed by atoms with Crippen LogP contribution in [0, 0.1) is 0 Å². The summed E-state index contributed by atoms with van der Waals surface area (Å²) in [5, 5.41) is 0. The van der Waals surface area contributed by atoms with Crippen LogP contribution < -0.4 is 15.6 Å². The number of carbonyl (C=O) groups excluding carboxylic acids is 3. The minimum Gasteiger partial charge on any atom is -0.489 e. The molecule has 0 bridgehead atoms. The lowest BCUT2D eigenvalue weighted by molar-refractivity contribution is -0.135. The van der Waals surface area contributed by atoms with E-state index in [0.29, 0.717) is 30.9 Å². The Hall–Kier alpha value is -3.35. The van der Waals surface area contributed by atoms with Gasteiger partial charge in [0.1, 0.15) is 18.9 Å². The maximum absolute atomic E-state index is 12.2. The summed E-state index contributed by atoms with van der Waals surface area (Å²) in [6.45, 7) is 0.966. The van der Waals surface area contributed by atoms with E-state index in [1.165, 1.54) is 4.90 Å². The Bertz CT molecular complexity index is 837. The van der Waals surface area contributed by atoms with Crippen molar-refractivity contribution in [3.8, 4) is 5.75 Å². The molecule has 0 spiro atoms. The van der Waals surface area contributed by atoms with Crippen LogP contribution >= 0.6 is 0 Å². The zero-order valence-electron chi connectivity index (χ0n) is 16.2. The molecule has 3 rings (SSSR count). The first-order valence-electron chi connectivity index (χ1n) is 9.75. The predicted molar refractivity (Wildman–Crippen MR) is 108 cm³/mol. The molecule has 1 fully saturated rings. The molecule has 29 heavy (non-hydrogen) atoms. The Labute approximate surface area is 170 Å². The summed E-state index contributed by atoms with van der Waals surface area (Å²) in [7, 11) is 0. The third kappa shape index (κ3) is 6.34. The van der Waals surface area contributed by atoms with Crippen molar-refractivity contribution < 1.29 is 19.1 Å². The molecule has 1 aliphatic rings. The fraction of sp³-hybridized carbons (Fsp3) is 0.318. The van der Waals surface area contributed by atoms with Crippen molar-refractivity contribution in [2.45, 2.75) is 32.3 Å². The highest BCUT2D eigenvalue weighted by molar-refractivity contribution is 5.95. The van der Waals surface area contributed by atoms with Crippen LogP contribution in [0.3, 0.4) is 0 Å². The standard InChI is InChI=1S/C22H25N3O4/c26-20(15-25-14-6-2-5-9-21(25)27)23-24-22(28)18-10-12-19(13-11-18)29-16-17-7-3-1-4-8-17/h1,3-4,7-8,10-13H,2,5-6,9,14-16H2,(H,23,26)(H,24,28). The number of likely N-dealkylation sites (tertiary alicyclic amines) is 1. The molecule has 3 amide bonds. The van der Waals surface area contributed by atoms with Gasteiger partial charge >= 0.3 is 0 Å². The Morgan fingerprint density at radius 3 is 2.45 bits per heavy atom. The molecule has 0 atom stereocenters. The van der Waals surface area contributed by atoms with E-state index in [1.807, 2.05) is 30.3 Å². The number of hydrogen-bond acceptors (Lipinski definition) is 4. The molecule has 0 radical (unpaired) electrons. The molecule has 0 aromatic heterocycles. The molecule has 2 N–H and O–H groups in total. The molecule has 152 valence electrons. The maximum atomic E-state index is 12.2. The van der Waals surface area contributed by atoms with Crippen molar-refractivity contribution >= 4 is 17.7 Å². The smallest absolute Gasteiger partial charge is 0.269 e. The highest BCUT2D eigenvalue weighted by Crippen LogP contribution is 2.14. The summed E-state index contributed by atoms with van der Waals surface area (Å²) < 4.78 is 5.69. The lowest BCUT2D eigenvalue weighted by Crippen LogP contribution is -2.47. The molecule has 0 aliphatic carbocycles. The summed E-state index contributed by atoms with van der Waals surface area (Å²) in [4.78, 5) is 37.7. The Kier molecular flexibility index (Phi) is 7.22. The first kappa shape index (κ1) is 20.4. The van der Waals surface area contributed by atoms with Gasteiger partial charge in [0.2, 0.25) is 5.91 Å². The second kappa shape index (κ2) is 10.3. The zero-order chi connectivity index (χ0) is 20.5. The summed E-state index contributed by atoms with van der Waals surface area (Å²) in [6.07, 6.45) is 3.22. The average Bonchev–Trinajstić information content (AvgIpc) is 2.96. The minimum atomic E-state index is -0.435. The molecule has 1 saturated heterocycles. The van der Waals surface area contributed by atoms with Gasteiger partial charge in [0, 0.05) is 18.5 Å². The second-order valence-electron chi connectivity index (χ2n) is 6.93. The molecule has 7 heteroatoms. The van der Waals surface area contributed by atoms with E-state index in [9.17, 15) is 14.4 Å². The van der Waals surface area contributed by atoms with Crippen LogP contribution in [0.25, 0.3) is 0 Å².